The van der Waals surface area contributed by atoms with Crippen LogP contribution >= 0.6 is 35.7 Å². The predicted molar refractivity (Wildman–Crippen MR) is 109 cm³/mol. The lowest BCUT2D eigenvalue weighted by atomic mass is 10.1. The molecule has 0 amide bonds. The highest BCUT2D eigenvalue weighted by atomic mass is 32.2. The minimum Gasteiger partial charge on any atom is -0.108 e. The Labute approximate surface area is 148 Å². The lowest BCUT2D eigenvalue weighted by Gasteiger charge is -2.04. The third kappa shape index (κ3) is 18.7. The number of hydrogen-bond donors (Lipinski definition) is 0. The molecule has 0 aliphatic heterocycles. The van der Waals surface area contributed by atoms with E-state index in [2.05, 4.69) is 13.8 Å². The van der Waals surface area contributed by atoms with Gasteiger partial charge in [0.25, 0.3) is 0 Å². The van der Waals surface area contributed by atoms with Gasteiger partial charge in [-0.2, -0.15) is 0 Å². The highest BCUT2D eigenvalue weighted by Crippen LogP contribution is 2.20. The maximum Gasteiger partial charge on any atom is 0.104 e. The SMILES string of the molecule is CCCCCCCCCCCCSC(=S)SCCCCC. The van der Waals surface area contributed by atoms with E-state index < -0.39 is 0 Å². The van der Waals surface area contributed by atoms with Crippen molar-refractivity contribution in [2.24, 2.45) is 0 Å². The molecular formula is C18H36S3. The summed E-state index contributed by atoms with van der Waals surface area (Å²) in [6.45, 7) is 4.54. The van der Waals surface area contributed by atoms with Gasteiger partial charge < -0.3 is 0 Å². The Balaban J connectivity index is 3.09. The summed E-state index contributed by atoms with van der Waals surface area (Å²) in [6.07, 6.45) is 18.1. The van der Waals surface area contributed by atoms with Gasteiger partial charge in [0, 0.05) is 0 Å². The smallest absolute Gasteiger partial charge is 0.104 e. The van der Waals surface area contributed by atoms with Gasteiger partial charge in [0.1, 0.15) is 3.53 Å². The average Bonchev–Trinajstić information content (AvgIpc) is 2.49. The third-order valence-electron chi connectivity index (χ3n) is 3.69. The molecule has 0 fully saturated rings. The van der Waals surface area contributed by atoms with Crippen LogP contribution in [0.3, 0.4) is 0 Å². The maximum absolute atomic E-state index is 5.40. The zero-order valence-corrected chi connectivity index (χ0v) is 16.8. The topological polar surface area (TPSA) is 0 Å². The summed E-state index contributed by atoms with van der Waals surface area (Å²) in [5, 5.41) is 0. The van der Waals surface area contributed by atoms with E-state index in [-0.39, 0.29) is 0 Å². The Bertz CT molecular complexity index is 217. The van der Waals surface area contributed by atoms with Crippen molar-refractivity contribution in [3.63, 3.8) is 0 Å². The molecule has 126 valence electrons. The first-order chi connectivity index (χ1) is 10.3. The lowest BCUT2D eigenvalue weighted by molar-refractivity contribution is 0.563. The first kappa shape index (κ1) is 21.8. The van der Waals surface area contributed by atoms with Gasteiger partial charge in [0.15, 0.2) is 0 Å². The van der Waals surface area contributed by atoms with Gasteiger partial charge in [0.2, 0.25) is 0 Å². The van der Waals surface area contributed by atoms with Crippen molar-refractivity contribution in [2.75, 3.05) is 11.5 Å². The average molecular weight is 349 g/mol. The van der Waals surface area contributed by atoms with Crippen molar-refractivity contribution < 1.29 is 0 Å². The van der Waals surface area contributed by atoms with E-state index in [1.807, 2.05) is 23.5 Å². The molecule has 0 rings (SSSR count). The Hall–Kier alpha value is 0.790. The Morgan fingerprint density at radius 1 is 0.571 bits per heavy atom. The van der Waals surface area contributed by atoms with Gasteiger partial charge in [0.05, 0.1) is 0 Å². The lowest BCUT2D eigenvalue weighted by Crippen LogP contribution is -1.89. The van der Waals surface area contributed by atoms with Crippen LogP contribution < -0.4 is 0 Å². The minimum absolute atomic E-state index is 1.17. The largest absolute Gasteiger partial charge is 0.108 e. The van der Waals surface area contributed by atoms with E-state index in [4.69, 9.17) is 12.2 Å². The van der Waals surface area contributed by atoms with Crippen LogP contribution in [0.15, 0.2) is 0 Å². The van der Waals surface area contributed by atoms with Crippen LogP contribution in [0.4, 0.5) is 0 Å². The molecule has 0 aromatic heterocycles. The second-order valence-electron chi connectivity index (χ2n) is 5.84. The zero-order chi connectivity index (χ0) is 15.6. The molecule has 0 nitrogen and oxygen atoms in total. The maximum atomic E-state index is 5.40. The standard InChI is InChI=1S/C18H36S3/c1-3-5-7-8-9-10-11-12-13-15-17-21-18(19)20-16-14-6-4-2/h3-17H2,1-2H3. The van der Waals surface area contributed by atoms with Crippen LogP contribution in [0.25, 0.3) is 0 Å². The Morgan fingerprint density at radius 3 is 1.38 bits per heavy atom. The molecule has 0 saturated carbocycles. The van der Waals surface area contributed by atoms with Crippen molar-refractivity contribution >= 4 is 39.3 Å². The van der Waals surface area contributed by atoms with Crippen molar-refractivity contribution in [3.05, 3.63) is 0 Å². The number of thioether (sulfide) groups is 2. The molecular weight excluding hydrogens is 312 g/mol. The number of unbranched alkanes of at least 4 members (excludes halogenated alkanes) is 11. The number of thiocarbonyl (C=S) groups is 1. The van der Waals surface area contributed by atoms with Crippen molar-refractivity contribution in [2.45, 2.75) is 97.3 Å². The molecule has 0 radical (unpaired) electrons. The second-order valence-corrected chi connectivity index (χ2v) is 9.23. The molecule has 0 saturated heterocycles. The quantitative estimate of drug-likeness (QED) is 0.218. The van der Waals surface area contributed by atoms with Crippen LogP contribution in [0, 0.1) is 0 Å². The second kappa shape index (κ2) is 18.8. The fourth-order valence-electron chi connectivity index (χ4n) is 2.29. The van der Waals surface area contributed by atoms with E-state index in [1.54, 1.807) is 0 Å². The molecule has 0 bridgehead atoms. The third-order valence-corrected chi connectivity index (χ3v) is 6.56. The molecule has 0 aliphatic rings. The predicted octanol–water partition coefficient (Wildman–Crippen LogP) is 7.85. The minimum atomic E-state index is 1.17. The summed E-state index contributed by atoms with van der Waals surface area (Å²) in [6, 6.07) is 0. The first-order valence-electron chi connectivity index (χ1n) is 9.10. The summed E-state index contributed by atoms with van der Waals surface area (Å²) in [5.41, 5.74) is 0. The van der Waals surface area contributed by atoms with Gasteiger partial charge >= 0.3 is 0 Å². The molecule has 0 unspecified atom stereocenters. The van der Waals surface area contributed by atoms with Crippen molar-refractivity contribution in [3.8, 4) is 0 Å². The highest BCUT2D eigenvalue weighted by molar-refractivity contribution is 8.47. The van der Waals surface area contributed by atoms with E-state index in [0.29, 0.717) is 0 Å². The summed E-state index contributed by atoms with van der Waals surface area (Å²) in [4.78, 5) is 0. The van der Waals surface area contributed by atoms with Crippen LogP contribution in [0.5, 0.6) is 0 Å². The van der Waals surface area contributed by atoms with Gasteiger partial charge in [-0.15, -0.1) is 23.5 Å². The molecule has 21 heavy (non-hydrogen) atoms. The summed E-state index contributed by atoms with van der Waals surface area (Å²) in [7, 11) is 0. The van der Waals surface area contributed by atoms with Crippen LogP contribution in [-0.2, 0) is 0 Å². The summed E-state index contributed by atoms with van der Waals surface area (Å²) >= 11 is 9.20. The Kier molecular flexibility index (Phi) is 19.5. The molecule has 0 N–H and O–H groups in total. The van der Waals surface area contributed by atoms with E-state index >= 15 is 0 Å². The van der Waals surface area contributed by atoms with Gasteiger partial charge in [-0.25, -0.2) is 0 Å². The fraction of sp³-hybridized carbons (Fsp3) is 0.944. The molecule has 0 atom stereocenters. The van der Waals surface area contributed by atoms with Gasteiger partial charge in [-0.1, -0.05) is 96.7 Å². The number of rotatable bonds is 15. The summed E-state index contributed by atoms with van der Waals surface area (Å²) < 4.78 is 1.17. The zero-order valence-electron chi connectivity index (χ0n) is 14.3. The molecule has 3 heteroatoms. The molecule has 0 aromatic rings. The van der Waals surface area contributed by atoms with E-state index in [9.17, 15) is 0 Å². The molecule has 0 aromatic carbocycles. The van der Waals surface area contributed by atoms with Crippen molar-refractivity contribution in [1.29, 1.82) is 0 Å². The van der Waals surface area contributed by atoms with Gasteiger partial charge in [-0.3, -0.25) is 0 Å². The van der Waals surface area contributed by atoms with Crippen LogP contribution in [-0.4, -0.2) is 15.0 Å². The fourth-order valence-corrected chi connectivity index (χ4v) is 4.66. The Morgan fingerprint density at radius 2 is 0.905 bits per heavy atom. The van der Waals surface area contributed by atoms with Crippen molar-refractivity contribution in [1.82, 2.24) is 0 Å². The van der Waals surface area contributed by atoms with E-state index in [0.717, 1.165) is 0 Å². The van der Waals surface area contributed by atoms with Crippen LogP contribution in [0.1, 0.15) is 97.3 Å². The summed E-state index contributed by atoms with van der Waals surface area (Å²) in [5.74, 6) is 2.45. The van der Waals surface area contributed by atoms with E-state index in [1.165, 1.54) is 98.5 Å². The van der Waals surface area contributed by atoms with Crippen LogP contribution in [0.2, 0.25) is 0 Å². The first-order valence-corrected chi connectivity index (χ1v) is 11.5. The monoisotopic (exact) mass is 348 g/mol. The molecule has 0 aliphatic carbocycles. The normalized spacial score (nSPS) is 11.0. The van der Waals surface area contributed by atoms with Gasteiger partial charge in [-0.05, 0) is 24.3 Å². The molecule has 0 spiro atoms. The number of hydrogen-bond acceptors (Lipinski definition) is 3. The highest BCUT2D eigenvalue weighted by Gasteiger charge is 1.99. The molecule has 0 heterocycles.